The van der Waals surface area contributed by atoms with Gasteiger partial charge in [-0.25, -0.2) is 4.79 Å². The molecule has 0 aromatic rings. The number of rotatable bonds is 7. The van der Waals surface area contributed by atoms with Gasteiger partial charge in [-0.15, -0.1) is 4.91 Å². The van der Waals surface area contributed by atoms with Crippen molar-refractivity contribution < 1.29 is 14.7 Å². The van der Waals surface area contributed by atoms with Crippen molar-refractivity contribution in [3.8, 4) is 0 Å². The van der Waals surface area contributed by atoms with E-state index in [9.17, 15) is 19.6 Å². The lowest BCUT2D eigenvalue weighted by Crippen LogP contribution is -2.54. The van der Waals surface area contributed by atoms with Gasteiger partial charge >= 0.3 is 5.97 Å². The molecule has 0 aromatic carbocycles. The highest BCUT2D eigenvalue weighted by Gasteiger charge is 2.49. The third kappa shape index (κ3) is 3.01. The Labute approximate surface area is 110 Å². The van der Waals surface area contributed by atoms with E-state index in [2.05, 4.69) is 4.58 Å². The molecule has 18 heavy (non-hydrogen) atoms. The molecule has 7 heteroatoms. The first-order chi connectivity index (χ1) is 8.58. The van der Waals surface area contributed by atoms with Gasteiger partial charge in [0, 0.05) is 29.5 Å². The van der Waals surface area contributed by atoms with Crippen LogP contribution in [-0.2, 0) is 9.59 Å². The number of carboxylic acids is 1. The molecule has 1 heterocycles. The lowest BCUT2D eigenvalue weighted by molar-refractivity contribution is -0.155. The number of carboxylic acid groups (broad SMARTS) is 1. The number of hydrogen-bond acceptors (Lipinski definition) is 5. The minimum absolute atomic E-state index is 0.0314. The van der Waals surface area contributed by atoms with E-state index in [4.69, 9.17) is 0 Å². The highest BCUT2D eigenvalue weighted by atomic mass is 32.2. The predicted molar refractivity (Wildman–Crippen MR) is 69.1 cm³/mol. The molecule has 0 saturated carbocycles. The Hall–Kier alpha value is -1.11. The maximum Gasteiger partial charge on any atom is 0.330 e. The fourth-order valence-electron chi connectivity index (χ4n) is 2.27. The van der Waals surface area contributed by atoms with Crippen LogP contribution in [0.1, 0.15) is 39.0 Å². The van der Waals surface area contributed by atoms with Crippen LogP contribution in [0.5, 0.6) is 0 Å². The van der Waals surface area contributed by atoms with Gasteiger partial charge in [-0.3, -0.25) is 4.79 Å². The Bertz CT molecular complexity index is 337. The molecular weight excluding hydrogens is 256 g/mol. The van der Waals surface area contributed by atoms with Gasteiger partial charge in [0.2, 0.25) is 5.91 Å². The molecule has 0 aromatic heterocycles. The van der Waals surface area contributed by atoms with Crippen molar-refractivity contribution in [1.29, 1.82) is 0 Å². The number of carbonyl (C=O) groups excluding carboxylic acids is 1. The normalized spacial score (nSPS) is 23.1. The molecule has 102 valence electrons. The van der Waals surface area contributed by atoms with Gasteiger partial charge in [0.05, 0.1) is 5.75 Å². The van der Waals surface area contributed by atoms with Crippen LogP contribution in [0.25, 0.3) is 0 Å². The summed E-state index contributed by atoms with van der Waals surface area (Å²) < 4.78 is 2.65. The second-order valence-corrected chi connectivity index (χ2v) is 5.13. The van der Waals surface area contributed by atoms with E-state index < -0.39 is 11.5 Å². The van der Waals surface area contributed by atoms with Gasteiger partial charge in [0.15, 0.2) is 5.54 Å². The molecule has 0 unspecified atom stereocenters. The largest absolute Gasteiger partial charge is 0.479 e. The van der Waals surface area contributed by atoms with Crippen LogP contribution in [0.3, 0.4) is 0 Å². The molecule has 1 N–H and O–H groups in total. The van der Waals surface area contributed by atoms with Crippen LogP contribution < -0.4 is 0 Å². The molecule has 0 bridgehead atoms. The van der Waals surface area contributed by atoms with Gasteiger partial charge < -0.3 is 10.0 Å². The highest BCUT2D eigenvalue weighted by Crippen LogP contribution is 2.34. The van der Waals surface area contributed by atoms with Crippen LogP contribution in [0.15, 0.2) is 4.58 Å². The van der Waals surface area contributed by atoms with Crippen LogP contribution in [0.4, 0.5) is 0 Å². The highest BCUT2D eigenvalue weighted by molar-refractivity contribution is 7.98. The van der Waals surface area contributed by atoms with Crippen LogP contribution in [-0.4, -0.2) is 39.7 Å². The number of amides is 1. The number of aliphatic carboxylic acids is 1. The van der Waals surface area contributed by atoms with E-state index in [1.54, 1.807) is 0 Å². The number of nitrogens with zero attached hydrogens (tertiary/aromatic N) is 2. The third-order valence-electron chi connectivity index (χ3n) is 3.29. The number of likely N-dealkylation sites (tertiary alicyclic amines) is 1. The van der Waals surface area contributed by atoms with Crippen LogP contribution >= 0.6 is 11.9 Å². The maximum absolute atomic E-state index is 12.0. The molecule has 1 fully saturated rings. The number of nitroso groups, excluding NO2 is 1. The molecule has 1 rings (SSSR count). The topological polar surface area (TPSA) is 87.0 Å². The summed E-state index contributed by atoms with van der Waals surface area (Å²) in [5.74, 6) is -1.15. The van der Waals surface area contributed by atoms with Gasteiger partial charge in [-0.1, -0.05) is 13.3 Å². The standard InChI is InChI=1S/C11H18N2O4S/c1-2-3-5-9(14)13-7-4-6-11(13,10(15)16)8-18-12-17/h2-8H2,1H3,(H,15,16)/t11-/m1/s1. The molecule has 1 aliphatic heterocycles. The monoisotopic (exact) mass is 274 g/mol. The van der Waals surface area contributed by atoms with Crippen LogP contribution in [0, 0.1) is 4.91 Å². The Morgan fingerprint density at radius 3 is 2.78 bits per heavy atom. The Balaban J connectivity index is 2.83. The van der Waals surface area contributed by atoms with Gasteiger partial charge in [0.25, 0.3) is 0 Å². The summed E-state index contributed by atoms with van der Waals surface area (Å²) in [5.41, 5.74) is -1.25. The Kier molecular flexibility index (Phi) is 5.58. The zero-order valence-corrected chi connectivity index (χ0v) is 11.2. The lowest BCUT2D eigenvalue weighted by atomic mass is 9.98. The maximum atomic E-state index is 12.0. The second kappa shape index (κ2) is 6.72. The van der Waals surface area contributed by atoms with Crippen molar-refractivity contribution >= 4 is 23.8 Å². The fraction of sp³-hybridized carbons (Fsp3) is 0.818. The van der Waals surface area contributed by atoms with Gasteiger partial charge in [-0.2, -0.15) is 0 Å². The van der Waals surface area contributed by atoms with Crippen molar-refractivity contribution in [2.24, 2.45) is 4.58 Å². The smallest absolute Gasteiger partial charge is 0.330 e. The van der Waals surface area contributed by atoms with E-state index in [1.165, 1.54) is 4.90 Å². The molecule has 1 atom stereocenters. The third-order valence-corrected chi connectivity index (χ3v) is 4.00. The summed E-state index contributed by atoms with van der Waals surface area (Å²) in [7, 11) is 0. The van der Waals surface area contributed by atoms with E-state index in [1.807, 2.05) is 6.92 Å². The Morgan fingerprint density at radius 1 is 1.50 bits per heavy atom. The van der Waals surface area contributed by atoms with Crippen molar-refractivity contribution in [1.82, 2.24) is 4.90 Å². The summed E-state index contributed by atoms with van der Waals surface area (Å²) >= 11 is 0.672. The number of unbranched alkanes of at least 4 members (excludes halogenated alkanes) is 1. The summed E-state index contributed by atoms with van der Waals surface area (Å²) in [4.78, 5) is 35.1. The quantitative estimate of drug-likeness (QED) is 0.567. The summed E-state index contributed by atoms with van der Waals surface area (Å²) in [6, 6.07) is 0. The van der Waals surface area contributed by atoms with E-state index in [0.29, 0.717) is 37.8 Å². The molecule has 0 radical (unpaired) electrons. The first kappa shape index (κ1) is 14.9. The van der Waals surface area contributed by atoms with E-state index in [0.717, 1.165) is 12.8 Å². The number of carbonyl (C=O) groups is 2. The molecule has 0 aliphatic carbocycles. The first-order valence-corrected chi connectivity index (χ1v) is 7.01. The summed E-state index contributed by atoms with van der Waals surface area (Å²) in [5, 5.41) is 9.38. The van der Waals surface area contributed by atoms with E-state index in [-0.39, 0.29) is 11.7 Å². The summed E-state index contributed by atoms with van der Waals surface area (Å²) in [6.45, 7) is 2.43. The van der Waals surface area contributed by atoms with Crippen LogP contribution in [0.2, 0.25) is 0 Å². The SMILES string of the molecule is CCCCC(=O)N1CCC[C@@]1(CSN=O)C(=O)O. The molecule has 0 spiro atoms. The number of hydrogen-bond donors (Lipinski definition) is 1. The minimum atomic E-state index is -1.25. The minimum Gasteiger partial charge on any atom is -0.479 e. The molecule has 1 amide bonds. The zero-order chi connectivity index (χ0) is 13.6. The van der Waals surface area contributed by atoms with Crippen molar-refractivity contribution in [3.05, 3.63) is 4.91 Å². The zero-order valence-electron chi connectivity index (χ0n) is 10.4. The molecule has 1 saturated heterocycles. The predicted octanol–water partition coefficient (Wildman–Crippen LogP) is 2.04. The summed E-state index contributed by atoms with van der Waals surface area (Å²) in [6.07, 6.45) is 3.06. The average Bonchev–Trinajstić information content (AvgIpc) is 2.78. The second-order valence-electron chi connectivity index (χ2n) is 4.44. The lowest BCUT2D eigenvalue weighted by Gasteiger charge is -2.33. The van der Waals surface area contributed by atoms with Crippen molar-refractivity contribution in [2.45, 2.75) is 44.6 Å². The van der Waals surface area contributed by atoms with Gasteiger partial charge in [0.1, 0.15) is 0 Å². The van der Waals surface area contributed by atoms with E-state index >= 15 is 0 Å². The average molecular weight is 274 g/mol. The molecular formula is C11H18N2O4S. The fourth-order valence-corrected chi connectivity index (χ4v) is 2.96. The van der Waals surface area contributed by atoms with Crippen molar-refractivity contribution in [2.75, 3.05) is 12.3 Å². The van der Waals surface area contributed by atoms with Crippen molar-refractivity contribution in [3.63, 3.8) is 0 Å². The molecule has 1 aliphatic rings. The first-order valence-electron chi connectivity index (χ1n) is 6.07. The van der Waals surface area contributed by atoms with Gasteiger partial charge in [-0.05, 0) is 19.3 Å². The molecule has 6 nitrogen and oxygen atoms in total. The Morgan fingerprint density at radius 2 is 2.22 bits per heavy atom.